The fourth-order valence-corrected chi connectivity index (χ4v) is 2.51. The van der Waals surface area contributed by atoms with Gasteiger partial charge in [0.1, 0.15) is 0 Å². The van der Waals surface area contributed by atoms with Gasteiger partial charge in [0.05, 0.1) is 0 Å². The summed E-state index contributed by atoms with van der Waals surface area (Å²) >= 11 is 3.01. The Morgan fingerprint density at radius 2 is 2.16 bits per heavy atom. The predicted molar refractivity (Wildman–Crippen MR) is 55.9 cm³/mol. The third-order valence-corrected chi connectivity index (χ3v) is 3.48. The van der Waals surface area contributed by atoms with Gasteiger partial charge < -0.3 is 0 Å². The third-order valence-electron chi connectivity index (χ3n) is 2.08. The van der Waals surface area contributed by atoms with Crippen molar-refractivity contribution in [2.75, 3.05) is 6.61 Å². The van der Waals surface area contributed by atoms with Gasteiger partial charge >= 0.3 is 119 Å². The average Bonchev–Trinajstić information content (AvgIpc) is 2.66. The molecule has 0 unspecified atom stereocenters. The van der Waals surface area contributed by atoms with Crippen LogP contribution in [-0.2, 0) is 36.2 Å². The summed E-state index contributed by atoms with van der Waals surface area (Å²) < 4.78 is 37.8. The van der Waals surface area contributed by atoms with E-state index in [9.17, 15) is 17.8 Å². The second-order valence-electron chi connectivity index (χ2n) is 3.34. The van der Waals surface area contributed by atoms with E-state index in [2.05, 4.69) is 31.6 Å². The molecule has 2 aromatic rings. The Labute approximate surface area is 119 Å². The maximum atomic E-state index is 11.4. The summed E-state index contributed by atoms with van der Waals surface area (Å²) in [5.41, 5.74) is 0.135. The molecule has 1 aromatic heterocycles. The number of nitrogens with zero attached hydrogens (tertiary/aromatic N) is 3. The minimum absolute atomic E-state index is 0.137. The molecule has 0 aliphatic carbocycles. The molecule has 0 aliphatic heterocycles. The molecular formula is C8H6AgN3O6S. The average molecular weight is 380 g/mol. The van der Waals surface area contributed by atoms with Gasteiger partial charge in [-0.3, -0.25) is 0 Å². The number of carboxylic acid groups (broad SMARTS) is 1. The Hall–Kier alpha value is -1.46. The Morgan fingerprint density at radius 3 is 2.74 bits per heavy atom. The van der Waals surface area contributed by atoms with Gasteiger partial charge in [-0.25, -0.2) is 0 Å². The van der Waals surface area contributed by atoms with Gasteiger partial charge in [-0.05, 0) is 0 Å². The van der Waals surface area contributed by atoms with Crippen LogP contribution in [0.25, 0.3) is 11.0 Å². The number of fused-ring (bicyclic) bond motifs is 1. The van der Waals surface area contributed by atoms with Crippen molar-refractivity contribution in [2.45, 2.75) is 4.90 Å². The van der Waals surface area contributed by atoms with E-state index in [1.165, 1.54) is 12.1 Å². The third kappa shape index (κ3) is 2.77. The Morgan fingerprint density at radius 1 is 1.47 bits per heavy atom. The fraction of sp³-hybridized carbons (Fsp3) is 0.125. The van der Waals surface area contributed by atoms with E-state index in [1.807, 2.05) is 0 Å². The van der Waals surface area contributed by atoms with Crippen LogP contribution in [0.5, 0.6) is 5.75 Å². The van der Waals surface area contributed by atoms with Crippen LogP contribution < -0.4 is 4.74 Å². The molecule has 1 aromatic carbocycles. The summed E-state index contributed by atoms with van der Waals surface area (Å²) in [6, 6.07) is 2.62. The number of carboxylic acids is 1. The van der Waals surface area contributed by atoms with E-state index in [1.54, 1.807) is 0 Å². The molecule has 106 valence electrons. The molecule has 11 heteroatoms. The van der Waals surface area contributed by atoms with E-state index >= 15 is 0 Å². The van der Waals surface area contributed by atoms with E-state index in [0.29, 0.717) is 0 Å². The first-order chi connectivity index (χ1) is 8.80. The van der Waals surface area contributed by atoms with Crippen molar-refractivity contribution in [3.63, 3.8) is 0 Å². The van der Waals surface area contributed by atoms with Gasteiger partial charge in [-0.1, -0.05) is 0 Å². The molecule has 19 heavy (non-hydrogen) atoms. The maximum absolute atomic E-state index is 11.4. The number of ether oxygens (including phenoxy) is 1. The zero-order chi connectivity index (χ0) is 14.2. The zero-order valence-electron chi connectivity index (χ0n) is 8.94. The van der Waals surface area contributed by atoms with Gasteiger partial charge in [0.25, 0.3) is 0 Å². The van der Waals surface area contributed by atoms with E-state index in [-0.39, 0.29) is 16.8 Å². The second kappa shape index (κ2) is 4.90. The standard InChI is InChI=1S/C8H7N3O6S.Ag/c12-6(13)3-17-5-2-1-4-7(10-11-9-4)8(5)18(14,15)16;/h1-2H,3H2,(H3,9,10,11,12,13,14,15,16);/q;+1/p-1. The van der Waals surface area contributed by atoms with Crippen LogP contribution in [0.4, 0.5) is 0 Å². The van der Waals surface area contributed by atoms with Gasteiger partial charge in [0.2, 0.25) is 0 Å². The summed E-state index contributed by atoms with van der Waals surface area (Å²) in [4.78, 5) is 9.80. The first-order valence-electron chi connectivity index (χ1n) is 4.64. The zero-order valence-corrected chi connectivity index (χ0v) is 11.2. The molecule has 9 nitrogen and oxygen atoms in total. The van der Waals surface area contributed by atoms with Crippen LogP contribution in [0.3, 0.4) is 0 Å². The minimum atomic E-state index is -4.65. The molecule has 0 saturated heterocycles. The van der Waals surface area contributed by atoms with Gasteiger partial charge in [-0.2, -0.15) is 0 Å². The van der Waals surface area contributed by atoms with Crippen molar-refractivity contribution in [1.82, 2.24) is 13.4 Å². The number of carbonyl (C=O) groups is 1. The number of rotatable bonds is 4. The quantitative estimate of drug-likeness (QED) is 0.534. The fourth-order valence-electron chi connectivity index (χ4n) is 1.41. The summed E-state index contributed by atoms with van der Waals surface area (Å²) in [6.45, 7) is -0.754. The summed E-state index contributed by atoms with van der Waals surface area (Å²) in [5.74, 6) is -1.60. The van der Waals surface area contributed by atoms with E-state index < -0.39 is 27.6 Å². The van der Waals surface area contributed by atoms with E-state index in [4.69, 9.17) is 9.84 Å². The number of benzene rings is 1. The number of aliphatic carboxylic acids is 1. The van der Waals surface area contributed by atoms with Crippen molar-refractivity contribution < 1.29 is 48.9 Å². The van der Waals surface area contributed by atoms with Crippen molar-refractivity contribution in [3.05, 3.63) is 12.1 Å². The van der Waals surface area contributed by atoms with Crippen LogP contribution in [0, 0.1) is 0 Å². The van der Waals surface area contributed by atoms with Crippen LogP contribution >= 0.6 is 0 Å². The van der Waals surface area contributed by atoms with Crippen LogP contribution in [0.1, 0.15) is 0 Å². The number of aromatic nitrogens is 3. The van der Waals surface area contributed by atoms with Crippen LogP contribution in [0.2, 0.25) is 0 Å². The first kappa shape index (κ1) is 14.0. The van der Waals surface area contributed by atoms with Crippen molar-refractivity contribution in [2.24, 2.45) is 0 Å². The topological polar surface area (TPSA) is 132 Å². The predicted octanol–water partition coefficient (Wildman–Crippen LogP) is -0.549. The molecule has 0 bridgehead atoms. The Kier molecular flexibility index (Phi) is 3.60. The molecular weight excluding hydrogens is 374 g/mol. The molecule has 0 aliphatic rings. The van der Waals surface area contributed by atoms with Gasteiger partial charge in [0, 0.05) is 0 Å². The molecule has 0 radical (unpaired) electrons. The van der Waals surface area contributed by atoms with Crippen molar-refractivity contribution in [1.29, 1.82) is 0 Å². The molecule has 2 N–H and O–H groups in total. The van der Waals surface area contributed by atoms with Crippen molar-refractivity contribution >= 4 is 27.1 Å². The molecule has 0 spiro atoms. The van der Waals surface area contributed by atoms with Gasteiger partial charge in [-0.15, -0.1) is 0 Å². The first-order valence-corrected chi connectivity index (χ1v) is 6.74. The van der Waals surface area contributed by atoms with Gasteiger partial charge in [0.15, 0.2) is 0 Å². The summed E-state index contributed by atoms with van der Waals surface area (Å²) in [6.07, 6.45) is 0. The SMILES string of the molecule is O=C(O)COc1ccc2c(nn[n]2[Ag])c1S(=O)(=O)O. The van der Waals surface area contributed by atoms with E-state index in [0.717, 1.165) is 3.09 Å². The number of hydrogen-bond acceptors (Lipinski definition) is 6. The monoisotopic (exact) mass is 379 g/mol. The molecule has 0 fully saturated rings. The van der Waals surface area contributed by atoms with Crippen LogP contribution in [-0.4, -0.2) is 44.1 Å². The molecule has 0 saturated carbocycles. The Bertz CT molecular complexity index is 755. The summed E-state index contributed by atoms with van der Waals surface area (Å²) in [5, 5.41) is 15.6. The Balaban J connectivity index is 2.67. The summed E-state index contributed by atoms with van der Waals surface area (Å²) in [7, 11) is -4.65. The number of hydrogen-bond donors (Lipinski definition) is 2. The molecule has 0 atom stereocenters. The van der Waals surface area contributed by atoms with Crippen LogP contribution in [0.15, 0.2) is 17.0 Å². The molecule has 1 heterocycles. The second-order valence-corrected chi connectivity index (χ2v) is 5.32. The van der Waals surface area contributed by atoms with Crippen molar-refractivity contribution in [3.8, 4) is 5.75 Å². The normalized spacial score (nSPS) is 11.7. The molecule has 2 rings (SSSR count). The molecule has 0 amide bonds.